The predicted molar refractivity (Wildman–Crippen MR) is 39.5 cm³/mol. The quantitative estimate of drug-likeness (QED) is 0.464. The molecule has 0 aromatic carbocycles. The Kier molecular flexibility index (Phi) is 0.936. The van der Waals surface area contributed by atoms with Gasteiger partial charge in [0.2, 0.25) is 0 Å². The van der Waals surface area contributed by atoms with E-state index in [1.165, 1.54) is 0 Å². The van der Waals surface area contributed by atoms with Gasteiger partial charge in [-0.2, -0.15) is 0 Å². The molecule has 1 saturated carbocycles. The van der Waals surface area contributed by atoms with Crippen LogP contribution in [0.1, 0.15) is 20.3 Å². The highest BCUT2D eigenvalue weighted by molar-refractivity contribution is 5.88. The number of hydrogen-bond donors (Lipinski definition) is 0. The van der Waals surface area contributed by atoms with Gasteiger partial charge in [-0.15, -0.1) is 0 Å². The molecule has 0 N–H and O–H groups in total. The lowest BCUT2D eigenvalue weighted by Gasteiger charge is -2.22. The molecule has 0 heterocycles. The number of rotatable bonds is 0. The van der Waals surface area contributed by atoms with E-state index in [4.69, 9.17) is 0 Å². The SMILES string of the molecule is CC1(C)C2C=CC1C(=O)C2. The van der Waals surface area contributed by atoms with Gasteiger partial charge >= 0.3 is 0 Å². The average molecular weight is 136 g/mol. The fourth-order valence-corrected chi connectivity index (χ4v) is 2.17. The molecule has 2 atom stereocenters. The summed E-state index contributed by atoms with van der Waals surface area (Å²) in [5, 5.41) is 0. The highest BCUT2D eigenvalue weighted by Crippen LogP contribution is 2.51. The second-order valence-electron chi connectivity index (χ2n) is 3.96. The van der Waals surface area contributed by atoms with Crippen molar-refractivity contribution >= 4 is 5.78 Å². The minimum Gasteiger partial charge on any atom is -0.299 e. The van der Waals surface area contributed by atoms with E-state index in [2.05, 4.69) is 26.0 Å². The zero-order valence-corrected chi connectivity index (χ0v) is 6.42. The minimum atomic E-state index is 0.233. The van der Waals surface area contributed by atoms with Crippen LogP contribution < -0.4 is 0 Å². The lowest BCUT2D eigenvalue weighted by Crippen LogP contribution is -2.19. The third-order valence-corrected chi connectivity index (χ3v) is 3.06. The Balaban J connectivity index is 2.43. The predicted octanol–water partition coefficient (Wildman–Crippen LogP) is 1.79. The maximum Gasteiger partial charge on any atom is 0.140 e. The molecule has 0 saturated heterocycles. The maximum absolute atomic E-state index is 11.2. The van der Waals surface area contributed by atoms with Gasteiger partial charge < -0.3 is 0 Å². The largest absolute Gasteiger partial charge is 0.299 e. The van der Waals surface area contributed by atoms with E-state index >= 15 is 0 Å². The molecule has 0 spiro atoms. The van der Waals surface area contributed by atoms with Crippen molar-refractivity contribution in [3.8, 4) is 0 Å². The number of hydrogen-bond acceptors (Lipinski definition) is 1. The summed E-state index contributed by atoms with van der Waals surface area (Å²) in [4.78, 5) is 11.2. The van der Waals surface area contributed by atoms with Crippen LogP contribution in [-0.2, 0) is 4.79 Å². The van der Waals surface area contributed by atoms with Gasteiger partial charge in [-0.1, -0.05) is 26.0 Å². The average Bonchev–Trinajstić information content (AvgIpc) is 2.20. The Bertz CT molecular complexity index is 213. The van der Waals surface area contributed by atoms with Crippen LogP contribution >= 0.6 is 0 Å². The Morgan fingerprint density at radius 3 is 2.40 bits per heavy atom. The Morgan fingerprint density at radius 2 is 2.20 bits per heavy atom. The molecule has 0 aliphatic heterocycles. The van der Waals surface area contributed by atoms with E-state index in [1.807, 2.05) is 0 Å². The van der Waals surface area contributed by atoms with Crippen LogP contribution in [0.25, 0.3) is 0 Å². The molecular formula is C9H12O. The third kappa shape index (κ3) is 0.511. The van der Waals surface area contributed by atoms with E-state index in [9.17, 15) is 4.79 Å². The summed E-state index contributed by atoms with van der Waals surface area (Å²) in [6.07, 6.45) is 5.07. The molecule has 2 aliphatic carbocycles. The topological polar surface area (TPSA) is 17.1 Å². The van der Waals surface area contributed by atoms with Crippen LogP contribution in [-0.4, -0.2) is 5.78 Å². The monoisotopic (exact) mass is 136 g/mol. The van der Waals surface area contributed by atoms with Crippen molar-refractivity contribution in [2.24, 2.45) is 17.3 Å². The highest BCUT2D eigenvalue weighted by atomic mass is 16.1. The van der Waals surface area contributed by atoms with Crippen molar-refractivity contribution in [3.05, 3.63) is 12.2 Å². The summed E-state index contributed by atoms with van der Waals surface area (Å²) >= 11 is 0. The van der Waals surface area contributed by atoms with Crippen molar-refractivity contribution in [2.45, 2.75) is 20.3 Å². The number of fused-ring (bicyclic) bond motifs is 2. The summed E-state index contributed by atoms with van der Waals surface area (Å²) in [5.74, 6) is 1.21. The molecule has 0 aromatic rings. The first-order chi connectivity index (χ1) is 4.62. The zero-order valence-electron chi connectivity index (χ0n) is 6.42. The molecule has 1 heteroatoms. The van der Waals surface area contributed by atoms with Crippen molar-refractivity contribution in [1.82, 2.24) is 0 Å². The second kappa shape index (κ2) is 1.52. The molecule has 0 aromatic heterocycles. The summed E-state index contributed by atoms with van der Waals surface area (Å²) in [6, 6.07) is 0. The Hall–Kier alpha value is -0.590. The molecule has 2 aliphatic rings. The molecule has 2 unspecified atom stereocenters. The van der Waals surface area contributed by atoms with E-state index in [-0.39, 0.29) is 11.3 Å². The molecule has 10 heavy (non-hydrogen) atoms. The first-order valence-electron chi connectivity index (χ1n) is 3.83. The van der Waals surface area contributed by atoms with Gasteiger partial charge in [-0.25, -0.2) is 0 Å². The van der Waals surface area contributed by atoms with Crippen molar-refractivity contribution < 1.29 is 4.79 Å². The molecule has 0 amide bonds. The molecule has 2 bridgehead atoms. The minimum absolute atomic E-state index is 0.233. The van der Waals surface area contributed by atoms with Crippen molar-refractivity contribution in [1.29, 1.82) is 0 Å². The molecule has 54 valence electrons. The molecule has 1 fully saturated rings. The summed E-state index contributed by atoms with van der Waals surface area (Å²) in [5.41, 5.74) is 0.233. The molecule has 2 rings (SSSR count). The normalized spacial score (nSPS) is 41.2. The maximum atomic E-state index is 11.2. The second-order valence-corrected chi connectivity index (χ2v) is 3.96. The molecular weight excluding hydrogens is 124 g/mol. The fourth-order valence-electron chi connectivity index (χ4n) is 2.17. The first-order valence-corrected chi connectivity index (χ1v) is 3.83. The van der Waals surface area contributed by atoms with Crippen LogP contribution in [0.15, 0.2) is 12.2 Å². The first kappa shape index (κ1) is 6.14. The molecule has 1 nitrogen and oxygen atoms in total. The van der Waals surface area contributed by atoms with Gasteiger partial charge in [-0.3, -0.25) is 4.79 Å². The number of carbonyl (C=O) groups excluding carboxylic acids is 1. The summed E-state index contributed by atoms with van der Waals surface area (Å²) < 4.78 is 0. The Labute approximate surface area is 61.1 Å². The van der Waals surface area contributed by atoms with Gasteiger partial charge in [0.05, 0.1) is 0 Å². The smallest absolute Gasteiger partial charge is 0.140 e. The standard InChI is InChI=1S/C9H12O/c1-9(2)6-3-4-7(9)8(10)5-6/h3-4,6-7H,5H2,1-2H3. The molecule has 0 radical (unpaired) electrons. The van der Waals surface area contributed by atoms with E-state index in [0.717, 1.165) is 6.42 Å². The van der Waals surface area contributed by atoms with Crippen LogP contribution in [0.4, 0.5) is 0 Å². The number of ketones is 1. The van der Waals surface area contributed by atoms with Crippen molar-refractivity contribution in [2.75, 3.05) is 0 Å². The van der Waals surface area contributed by atoms with Crippen LogP contribution in [0.5, 0.6) is 0 Å². The zero-order chi connectivity index (χ0) is 7.35. The van der Waals surface area contributed by atoms with E-state index < -0.39 is 0 Å². The van der Waals surface area contributed by atoms with E-state index in [0.29, 0.717) is 11.7 Å². The lowest BCUT2D eigenvalue weighted by atomic mass is 9.81. The van der Waals surface area contributed by atoms with Gasteiger partial charge in [0.25, 0.3) is 0 Å². The van der Waals surface area contributed by atoms with Gasteiger partial charge in [0.15, 0.2) is 0 Å². The van der Waals surface area contributed by atoms with Gasteiger partial charge in [0, 0.05) is 12.3 Å². The summed E-state index contributed by atoms with van der Waals surface area (Å²) in [7, 11) is 0. The van der Waals surface area contributed by atoms with Crippen molar-refractivity contribution in [3.63, 3.8) is 0 Å². The van der Waals surface area contributed by atoms with Crippen LogP contribution in [0.2, 0.25) is 0 Å². The van der Waals surface area contributed by atoms with Crippen LogP contribution in [0, 0.1) is 17.3 Å². The fraction of sp³-hybridized carbons (Fsp3) is 0.667. The highest BCUT2D eigenvalue weighted by Gasteiger charge is 2.49. The third-order valence-electron chi connectivity index (χ3n) is 3.06. The van der Waals surface area contributed by atoms with Gasteiger partial charge in [-0.05, 0) is 11.3 Å². The van der Waals surface area contributed by atoms with E-state index in [1.54, 1.807) is 0 Å². The summed E-state index contributed by atoms with van der Waals surface area (Å²) in [6.45, 7) is 4.38. The van der Waals surface area contributed by atoms with Crippen LogP contribution in [0.3, 0.4) is 0 Å². The lowest BCUT2D eigenvalue weighted by molar-refractivity contribution is -0.120. The van der Waals surface area contributed by atoms with Gasteiger partial charge in [0.1, 0.15) is 5.78 Å². The number of carbonyl (C=O) groups is 1. The number of allylic oxidation sites excluding steroid dienone is 2. The Morgan fingerprint density at radius 1 is 1.50 bits per heavy atom. The number of Topliss-reactive ketones (excluding diaryl/α,β-unsaturated/α-hetero) is 1.